The van der Waals surface area contributed by atoms with Crippen LogP contribution >= 0.6 is 0 Å². The highest BCUT2D eigenvalue weighted by Crippen LogP contribution is 2.14. The third-order valence-electron chi connectivity index (χ3n) is 2.94. The number of nitrogens with zero attached hydrogens (tertiary/aromatic N) is 4. The molecule has 1 saturated heterocycles. The molecule has 0 aliphatic carbocycles. The zero-order chi connectivity index (χ0) is 8.67. The summed E-state index contributed by atoms with van der Waals surface area (Å²) in [6.07, 6.45) is 1.83. The van der Waals surface area contributed by atoms with Gasteiger partial charge >= 0.3 is 0 Å². The number of hydrogen-bond donors (Lipinski definition) is 1. The van der Waals surface area contributed by atoms with Crippen molar-refractivity contribution < 1.29 is 0 Å². The Hall–Kier alpha value is -0.940. The molecule has 1 aromatic rings. The van der Waals surface area contributed by atoms with Crippen molar-refractivity contribution >= 4 is 0 Å². The molecule has 2 aliphatic rings. The second kappa shape index (κ2) is 2.78. The number of aromatic nitrogens is 3. The van der Waals surface area contributed by atoms with Gasteiger partial charge in [-0.25, -0.2) is 0 Å². The molecule has 3 heterocycles. The zero-order valence-electron chi connectivity index (χ0n) is 7.48. The van der Waals surface area contributed by atoms with Gasteiger partial charge in [0.2, 0.25) is 0 Å². The summed E-state index contributed by atoms with van der Waals surface area (Å²) >= 11 is 0. The highest BCUT2D eigenvalue weighted by atomic mass is 15.3. The van der Waals surface area contributed by atoms with Crippen molar-refractivity contribution in [1.82, 2.24) is 25.0 Å². The van der Waals surface area contributed by atoms with Crippen molar-refractivity contribution in [2.24, 2.45) is 0 Å². The van der Waals surface area contributed by atoms with Gasteiger partial charge in [-0.3, -0.25) is 4.90 Å². The molecular weight excluding hydrogens is 166 g/mol. The molecule has 5 nitrogen and oxygen atoms in total. The minimum Gasteiger partial charge on any atom is -0.315 e. The van der Waals surface area contributed by atoms with E-state index in [0.717, 1.165) is 44.6 Å². The minimum absolute atomic E-state index is 0.727. The zero-order valence-corrected chi connectivity index (χ0v) is 7.48. The van der Waals surface area contributed by atoms with Gasteiger partial charge in [-0.2, -0.15) is 0 Å². The fourth-order valence-corrected chi connectivity index (χ4v) is 1.93. The monoisotopic (exact) mass is 179 g/mol. The van der Waals surface area contributed by atoms with Gasteiger partial charge in [0.15, 0.2) is 0 Å². The van der Waals surface area contributed by atoms with Crippen LogP contribution < -0.4 is 5.32 Å². The normalized spacial score (nSPS) is 24.0. The summed E-state index contributed by atoms with van der Waals surface area (Å²) in [6.45, 7) is 5.41. The summed E-state index contributed by atoms with van der Waals surface area (Å²) in [5.74, 6) is 1.11. The van der Waals surface area contributed by atoms with Crippen LogP contribution in [-0.4, -0.2) is 45.3 Å². The molecule has 1 fully saturated rings. The number of rotatable bonds is 1. The van der Waals surface area contributed by atoms with Gasteiger partial charge in [0.25, 0.3) is 0 Å². The summed E-state index contributed by atoms with van der Waals surface area (Å²) < 4.78 is 2.14. The topological polar surface area (TPSA) is 46.0 Å². The average Bonchev–Trinajstić information content (AvgIpc) is 2.47. The van der Waals surface area contributed by atoms with E-state index in [4.69, 9.17) is 0 Å². The van der Waals surface area contributed by atoms with E-state index in [1.54, 1.807) is 0 Å². The van der Waals surface area contributed by atoms with Crippen LogP contribution in [0.5, 0.6) is 0 Å². The third-order valence-corrected chi connectivity index (χ3v) is 2.94. The first-order valence-electron chi connectivity index (χ1n) is 4.75. The highest BCUT2D eigenvalue weighted by molar-refractivity contribution is 4.94. The van der Waals surface area contributed by atoms with Gasteiger partial charge < -0.3 is 9.88 Å². The van der Waals surface area contributed by atoms with E-state index in [9.17, 15) is 0 Å². The molecule has 1 N–H and O–H groups in total. The third kappa shape index (κ3) is 1.15. The minimum atomic E-state index is 0.727. The Morgan fingerprint density at radius 3 is 3.08 bits per heavy atom. The summed E-state index contributed by atoms with van der Waals surface area (Å²) in [5.41, 5.74) is 0. The maximum atomic E-state index is 4.10. The Morgan fingerprint density at radius 2 is 2.31 bits per heavy atom. The van der Waals surface area contributed by atoms with Crippen molar-refractivity contribution in [2.75, 3.05) is 19.6 Å². The van der Waals surface area contributed by atoms with E-state index >= 15 is 0 Å². The van der Waals surface area contributed by atoms with E-state index in [-0.39, 0.29) is 0 Å². The van der Waals surface area contributed by atoms with Gasteiger partial charge in [0.1, 0.15) is 12.2 Å². The first-order valence-corrected chi connectivity index (χ1v) is 4.75. The van der Waals surface area contributed by atoms with Crippen LogP contribution in [0, 0.1) is 0 Å². The van der Waals surface area contributed by atoms with E-state index in [2.05, 4.69) is 25.0 Å². The molecule has 0 unspecified atom stereocenters. The molecule has 3 rings (SSSR count). The first-order chi connectivity index (χ1) is 6.43. The molecule has 70 valence electrons. The van der Waals surface area contributed by atoms with Crippen LogP contribution in [0.1, 0.15) is 5.82 Å². The molecule has 0 spiro atoms. The van der Waals surface area contributed by atoms with Crippen LogP contribution in [0.25, 0.3) is 0 Å². The number of hydrogen-bond acceptors (Lipinski definition) is 4. The Balaban J connectivity index is 1.76. The van der Waals surface area contributed by atoms with Crippen LogP contribution in [0.4, 0.5) is 0 Å². The molecule has 0 atom stereocenters. The number of fused-ring (bicyclic) bond motifs is 1. The van der Waals surface area contributed by atoms with Gasteiger partial charge in [-0.05, 0) is 0 Å². The lowest BCUT2D eigenvalue weighted by Crippen LogP contribution is -2.58. The van der Waals surface area contributed by atoms with E-state index < -0.39 is 0 Å². The van der Waals surface area contributed by atoms with Crippen molar-refractivity contribution in [1.29, 1.82) is 0 Å². The average molecular weight is 179 g/mol. The number of nitrogens with one attached hydrogen (secondary N) is 1. The molecule has 13 heavy (non-hydrogen) atoms. The van der Waals surface area contributed by atoms with Crippen molar-refractivity contribution in [3.8, 4) is 0 Å². The summed E-state index contributed by atoms with van der Waals surface area (Å²) in [5, 5.41) is 11.3. The fraction of sp³-hybridized carbons (Fsp3) is 0.750. The Bertz CT molecular complexity index is 303. The highest BCUT2D eigenvalue weighted by Gasteiger charge is 2.28. The van der Waals surface area contributed by atoms with Crippen molar-refractivity contribution in [2.45, 2.75) is 19.1 Å². The molecule has 0 radical (unpaired) electrons. The smallest absolute Gasteiger partial charge is 0.147 e. The summed E-state index contributed by atoms with van der Waals surface area (Å²) in [4.78, 5) is 2.49. The summed E-state index contributed by atoms with van der Waals surface area (Å²) in [7, 11) is 0. The molecule has 5 heteroatoms. The van der Waals surface area contributed by atoms with Crippen molar-refractivity contribution in [3.63, 3.8) is 0 Å². The molecule has 2 aliphatic heterocycles. The van der Waals surface area contributed by atoms with Gasteiger partial charge in [0, 0.05) is 32.2 Å². The molecule has 0 saturated carbocycles. The largest absolute Gasteiger partial charge is 0.315 e. The quantitative estimate of drug-likeness (QED) is 0.605. The lowest BCUT2D eigenvalue weighted by atomic mass is 10.1. The standard InChI is InChI=1S/C8H13N5/c1-2-13-6-10-11-8(13)5-12(1)7-3-9-4-7/h6-7,9H,1-5H2. The van der Waals surface area contributed by atoms with Gasteiger partial charge in [-0.1, -0.05) is 0 Å². The van der Waals surface area contributed by atoms with E-state index in [1.807, 2.05) is 6.33 Å². The summed E-state index contributed by atoms with van der Waals surface area (Å²) in [6, 6.07) is 0.727. The Kier molecular flexibility index (Phi) is 1.60. The molecule has 1 aromatic heterocycles. The van der Waals surface area contributed by atoms with Crippen LogP contribution in [0.2, 0.25) is 0 Å². The predicted octanol–water partition coefficient (Wildman–Crippen LogP) is -0.934. The fourth-order valence-electron chi connectivity index (χ4n) is 1.93. The lowest BCUT2D eigenvalue weighted by molar-refractivity contribution is 0.112. The SMILES string of the molecule is c1nnc2n1CCN(C1CNC1)C2. The molecule has 0 bridgehead atoms. The van der Waals surface area contributed by atoms with Crippen molar-refractivity contribution in [3.05, 3.63) is 12.2 Å². The maximum absolute atomic E-state index is 4.10. The van der Waals surface area contributed by atoms with Crippen LogP contribution in [-0.2, 0) is 13.1 Å². The molecular formula is C8H13N5. The molecule has 0 amide bonds. The maximum Gasteiger partial charge on any atom is 0.147 e. The molecule has 0 aromatic carbocycles. The Morgan fingerprint density at radius 1 is 1.38 bits per heavy atom. The van der Waals surface area contributed by atoms with E-state index in [1.165, 1.54) is 0 Å². The van der Waals surface area contributed by atoms with Crippen LogP contribution in [0.15, 0.2) is 6.33 Å². The lowest BCUT2D eigenvalue weighted by Gasteiger charge is -2.39. The van der Waals surface area contributed by atoms with Crippen LogP contribution in [0.3, 0.4) is 0 Å². The van der Waals surface area contributed by atoms with Gasteiger partial charge in [0.05, 0.1) is 6.54 Å². The second-order valence-corrected chi connectivity index (χ2v) is 3.72. The first kappa shape index (κ1) is 7.46. The predicted molar refractivity (Wildman–Crippen MR) is 47.1 cm³/mol. The van der Waals surface area contributed by atoms with E-state index in [0.29, 0.717) is 0 Å². The Labute approximate surface area is 76.7 Å². The second-order valence-electron chi connectivity index (χ2n) is 3.72. The van der Waals surface area contributed by atoms with Gasteiger partial charge in [-0.15, -0.1) is 10.2 Å².